The third kappa shape index (κ3) is 3.76. The predicted molar refractivity (Wildman–Crippen MR) is 112 cm³/mol. The van der Waals surface area contributed by atoms with Crippen LogP contribution in [0.4, 0.5) is 5.69 Å². The number of esters is 1. The summed E-state index contributed by atoms with van der Waals surface area (Å²) >= 11 is 6.29. The van der Waals surface area contributed by atoms with Crippen LogP contribution in [0.1, 0.15) is 31.3 Å². The highest BCUT2D eigenvalue weighted by Gasteiger charge is 2.25. The number of aromatic nitrogens is 1. The first kappa shape index (κ1) is 19.2. The number of hydrogen-bond donors (Lipinski definition) is 0. The number of pyridine rings is 1. The summed E-state index contributed by atoms with van der Waals surface area (Å²) in [4.78, 5) is 19.7. The normalized spacial score (nSPS) is 10.8. The Labute approximate surface area is 164 Å². The van der Waals surface area contributed by atoms with Crippen LogP contribution in [-0.4, -0.2) is 30.6 Å². The van der Waals surface area contributed by atoms with Gasteiger partial charge in [0.2, 0.25) is 0 Å². The maximum atomic E-state index is 12.8. The van der Waals surface area contributed by atoms with E-state index in [1.54, 1.807) is 13.0 Å². The molecule has 0 fully saturated rings. The standard InChI is InChI=1S/C22H23ClN2O2/c1-4-25(5-2)21-17-14-16(23)12-13-18(17)24-20(22(26)27-6-3)19(21)15-10-8-7-9-11-15/h7-14H,4-6H2,1-3H3. The second kappa shape index (κ2) is 8.40. The fourth-order valence-electron chi connectivity index (χ4n) is 3.31. The molecule has 0 N–H and O–H groups in total. The first-order valence-corrected chi connectivity index (χ1v) is 9.59. The lowest BCUT2D eigenvalue weighted by atomic mass is 9.97. The molecule has 3 aromatic rings. The topological polar surface area (TPSA) is 42.4 Å². The third-order valence-corrected chi connectivity index (χ3v) is 4.77. The molecule has 0 atom stereocenters. The van der Waals surface area contributed by atoms with E-state index in [0.29, 0.717) is 17.3 Å². The molecule has 140 valence electrons. The fourth-order valence-corrected chi connectivity index (χ4v) is 3.48. The maximum absolute atomic E-state index is 12.8. The first-order chi connectivity index (χ1) is 13.1. The zero-order chi connectivity index (χ0) is 19.4. The molecule has 1 aromatic heterocycles. The van der Waals surface area contributed by atoms with Crippen molar-refractivity contribution >= 4 is 34.2 Å². The molecule has 0 aliphatic heterocycles. The van der Waals surface area contributed by atoms with Gasteiger partial charge in [0.15, 0.2) is 5.69 Å². The molecule has 2 aromatic carbocycles. The van der Waals surface area contributed by atoms with Gasteiger partial charge in [-0.15, -0.1) is 0 Å². The fraction of sp³-hybridized carbons (Fsp3) is 0.273. The van der Waals surface area contributed by atoms with Crippen LogP contribution in [0.5, 0.6) is 0 Å². The number of anilines is 1. The molecule has 1 heterocycles. The van der Waals surface area contributed by atoms with Crippen LogP contribution in [0.25, 0.3) is 22.0 Å². The van der Waals surface area contributed by atoms with Crippen LogP contribution in [0.15, 0.2) is 48.5 Å². The Hall–Kier alpha value is -2.59. The molecule has 0 unspecified atom stereocenters. The molecule has 0 radical (unpaired) electrons. The molecule has 3 rings (SSSR count). The number of benzene rings is 2. The van der Waals surface area contributed by atoms with E-state index >= 15 is 0 Å². The van der Waals surface area contributed by atoms with E-state index in [9.17, 15) is 4.79 Å². The minimum absolute atomic E-state index is 0.300. The molecule has 0 aliphatic rings. The molecule has 5 heteroatoms. The molecule has 4 nitrogen and oxygen atoms in total. The Morgan fingerprint density at radius 1 is 1.07 bits per heavy atom. The Morgan fingerprint density at radius 3 is 2.41 bits per heavy atom. The highest BCUT2D eigenvalue weighted by molar-refractivity contribution is 6.31. The number of carbonyl (C=O) groups is 1. The number of ether oxygens (including phenoxy) is 1. The van der Waals surface area contributed by atoms with Gasteiger partial charge in [-0.05, 0) is 44.5 Å². The average Bonchev–Trinajstić information content (AvgIpc) is 2.69. The van der Waals surface area contributed by atoms with Crippen molar-refractivity contribution < 1.29 is 9.53 Å². The lowest BCUT2D eigenvalue weighted by Gasteiger charge is -2.27. The third-order valence-electron chi connectivity index (χ3n) is 4.53. The van der Waals surface area contributed by atoms with Crippen molar-refractivity contribution in [2.45, 2.75) is 20.8 Å². The maximum Gasteiger partial charge on any atom is 0.357 e. The van der Waals surface area contributed by atoms with Crippen molar-refractivity contribution in [3.63, 3.8) is 0 Å². The Balaban J connectivity index is 2.46. The summed E-state index contributed by atoms with van der Waals surface area (Å²) in [7, 11) is 0. The molecular formula is C22H23ClN2O2. The van der Waals surface area contributed by atoms with Gasteiger partial charge in [0.1, 0.15) is 0 Å². The summed E-state index contributed by atoms with van der Waals surface area (Å²) < 4.78 is 5.32. The van der Waals surface area contributed by atoms with E-state index in [0.717, 1.165) is 40.8 Å². The second-order valence-corrected chi connectivity index (χ2v) is 6.54. The molecule has 0 saturated carbocycles. The van der Waals surface area contributed by atoms with Crippen molar-refractivity contribution in [3.05, 3.63) is 59.2 Å². The number of carbonyl (C=O) groups excluding carboxylic acids is 1. The van der Waals surface area contributed by atoms with Crippen LogP contribution >= 0.6 is 11.6 Å². The minimum atomic E-state index is -0.415. The lowest BCUT2D eigenvalue weighted by Crippen LogP contribution is -2.24. The van der Waals surface area contributed by atoms with Gasteiger partial charge in [-0.1, -0.05) is 41.9 Å². The van der Waals surface area contributed by atoms with Crippen LogP contribution in [0, 0.1) is 0 Å². The Morgan fingerprint density at radius 2 is 1.78 bits per heavy atom. The minimum Gasteiger partial charge on any atom is -0.461 e. The zero-order valence-electron chi connectivity index (χ0n) is 15.8. The largest absolute Gasteiger partial charge is 0.461 e. The van der Waals surface area contributed by atoms with E-state index in [-0.39, 0.29) is 0 Å². The quantitative estimate of drug-likeness (QED) is 0.522. The van der Waals surface area contributed by atoms with Gasteiger partial charge in [0.05, 0.1) is 17.8 Å². The summed E-state index contributed by atoms with van der Waals surface area (Å²) in [6.07, 6.45) is 0. The number of nitrogens with zero attached hydrogens (tertiary/aromatic N) is 2. The van der Waals surface area contributed by atoms with Crippen LogP contribution in [0.3, 0.4) is 0 Å². The zero-order valence-corrected chi connectivity index (χ0v) is 16.6. The Kier molecular flexibility index (Phi) is 5.97. The van der Waals surface area contributed by atoms with Crippen molar-refractivity contribution in [2.75, 3.05) is 24.6 Å². The molecule has 0 spiro atoms. The predicted octanol–water partition coefficient (Wildman–Crippen LogP) is 5.58. The van der Waals surface area contributed by atoms with Crippen molar-refractivity contribution in [3.8, 4) is 11.1 Å². The molecular weight excluding hydrogens is 360 g/mol. The van der Waals surface area contributed by atoms with Gasteiger partial charge < -0.3 is 9.64 Å². The van der Waals surface area contributed by atoms with Crippen molar-refractivity contribution in [2.24, 2.45) is 0 Å². The molecule has 27 heavy (non-hydrogen) atoms. The van der Waals surface area contributed by atoms with Gasteiger partial charge in [-0.3, -0.25) is 0 Å². The molecule has 0 bridgehead atoms. The molecule has 0 aliphatic carbocycles. The van der Waals surface area contributed by atoms with E-state index in [1.165, 1.54) is 0 Å². The summed E-state index contributed by atoms with van der Waals surface area (Å²) in [6, 6.07) is 15.4. The second-order valence-electron chi connectivity index (χ2n) is 6.10. The molecule has 0 amide bonds. The number of halogens is 1. The van der Waals surface area contributed by atoms with E-state index in [2.05, 4.69) is 23.7 Å². The Bertz CT molecular complexity index is 953. The van der Waals surface area contributed by atoms with Crippen LogP contribution in [-0.2, 0) is 4.74 Å². The van der Waals surface area contributed by atoms with E-state index < -0.39 is 5.97 Å². The number of hydrogen-bond acceptors (Lipinski definition) is 4. The smallest absolute Gasteiger partial charge is 0.357 e. The van der Waals surface area contributed by atoms with Gasteiger partial charge in [-0.25, -0.2) is 9.78 Å². The number of rotatable bonds is 6. The summed E-state index contributed by atoms with van der Waals surface area (Å²) in [5.74, 6) is -0.415. The van der Waals surface area contributed by atoms with Gasteiger partial charge >= 0.3 is 5.97 Å². The first-order valence-electron chi connectivity index (χ1n) is 9.21. The summed E-state index contributed by atoms with van der Waals surface area (Å²) in [5.41, 5.74) is 3.73. The monoisotopic (exact) mass is 382 g/mol. The summed E-state index contributed by atoms with van der Waals surface area (Å²) in [5, 5.41) is 1.57. The average molecular weight is 383 g/mol. The molecule has 0 saturated heterocycles. The van der Waals surface area contributed by atoms with Gasteiger partial charge in [-0.2, -0.15) is 0 Å². The highest BCUT2D eigenvalue weighted by Crippen LogP contribution is 2.40. The van der Waals surface area contributed by atoms with Crippen LogP contribution in [0.2, 0.25) is 5.02 Å². The number of fused-ring (bicyclic) bond motifs is 1. The van der Waals surface area contributed by atoms with E-state index in [1.807, 2.05) is 42.5 Å². The van der Waals surface area contributed by atoms with Crippen LogP contribution < -0.4 is 4.90 Å². The van der Waals surface area contributed by atoms with Crippen molar-refractivity contribution in [1.82, 2.24) is 4.98 Å². The highest BCUT2D eigenvalue weighted by atomic mass is 35.5. The van der Waals surface area contributed by atoms with Gasteiger partial charge in [0, 0.05) is 29.1 Å². The van der Waals surface area contributed by atoms with Crippen molar-refractivity contribution in [1.29, 1.82) is 0 Å². The SMILES string of the molecule is CCOC(=O)c1nc2ccc(Cl)cc2c(N(CC)CC)c1-c1ccccc1. The summed E-state index contributed by atoms with van der Waals surface area (Å²) in [6.45, 7) is 7.88. The van der Waals surface area contributed by atoms with Gasteiger partial charge in [0.25, 0.3) is 0 Å². The lowest BCUT2D eigenvalue weighted by molar-refractivity contribution is 0.0521. The van der Waals surface area contributed by atoms with E-state index in [4.69, 9.17) is 16.3 Å².